The fourth-order valence-corrected chi connectivity index (χ4v) is 4.07. The molecule has 144 valence electrons. The Labute approximate surface area is 162 Å². The van der Waals surface area contributed by atoms with Crippen LogP contribution in [0.25, 0.3) is 10.7 Å². The maximum absolute atomic E-state index is 12.4. The first-order valence-electron chi connectivity index (χ1n) is 9.15. The Balaban J connectivity index is 1.52. The van der Waals surface area contributed by atoms with Gasteiger partial charge in [0, 0.05) is 30.2 Å². The average molecular weight is 388 g/mol. The SMILES string of the molecule is CCOC(=O)N1CCC(NC(=O)Cc2sc(-c3ccccn3)nc2C)CC1. The minimum atomic E-state index is -0.274. The van der Waals surface area contributed by atoms with Gasteiger partial charge in [-0.15, -0.1) is 11.3 Å². The molecule has 8 heteroatoms. The minimum absolute atomic E-state index is 0.0103. The monoisotopic (exact) mass is 388 g/mol. The average Bonchev–Trinajstić information content (AvgIpc) is 3.03. The van der Waals surface area contributed by atoms with E-state index in [-0.39, 0.29) is 18.0 Å². The molecule has 1 N–H and O–H groups in total. The van der Waals surface area contributed by atoms with Crippen molar-refractivity contribution >= 4 is 23.3 Å². The highest BCUT2D eigenvalue weighted by Gasteiger charge is 2.25. The van der Waals surface area contributed by atoms with Crippen LogP contribution in [0.3, 0.4) is 0 Å². The first-order chi connectivity index (χ1) is 13.1. The highest BCUT2D eigenvalue weighted by molar-refractivity contribution is 7.15. The van der Waals surface area contributed by atoms with Gasteiger partial charge >= 0.3 is 6.09 Å². The molecule has 1 saturated heterocycles. The number of carbonyl (C=O) groups excluding carboxylic acids is 2. The number of rotatable bonds is 5. The van der Waals surface area contributed by atoms with Crippen molar-refractivity contribution < 1.29 is 14.3 Å². The van der Waals surface area contributed by atoms with E-state index in [1.165, 1.54) is 11.3 Å². The molecule has 27 heavy (non-hydrogen) atoms. The van der Waals surface area contributed by atoms with Gasteiger partial charge in [0.15, 0.2) is 0 Å². The highest BCUT2D eigenvalue weighted by atomic mass is 32.1. The standard InChI is InChI=1S/C19H24N4O3S/c1-3-26-19(25)23-10-7-14(8-11-23)22-17(24)12-16-13(2)21-18(27-16)15-6-4-5-9-20-15/h4-6,9,14H,3,7-8,10-12H2,1-2H3,(H,22,24). The van der Waals surface area contributed by atoms with E-state index in [9.17, 15) is 9.59 Å². The van der Waals surface area contributed by atoms with Crippen molar-refractivity contribution in [1.29, 1.82) is 0 Å². The molecule has 0 spiro atoms. The van der Waals surface area contributed by atoms with Gasteiger partial charge in [0.25, 0.3) is 0 Å². The minimum Gasteiger partial charge on any atom is -0.450 e. The molecule has 2 amide bonds. The molecule has 2 aromatic rings. The summed E-state index contributed by atoms with van der Waals surface area (Å²) in [5.41, 5.74) is 1.69. The van der Waals surface area contributed by atoms with Gasteiger partial charge in [0.1, 0.15) is 5.01 Å². The van der Waals surface area contributed by atoms with Gasteiger partial charge in [-0.3, -0.25) is 9.78 Å². The van der Waals surface area contributed by atoms with E-state index < -0.39 is 0 Å². The summed E-state index contributed by atoms with van der Waals surface area (Å²) >= 11 is 1.51. The zero-order chi connectivity index (χ0) is 19.2. The van der Waals surface area contributed by atoms with Crippen molar-refractivity contribution in [3.63, 3.8) is 0 Å². The van der Waals surface area contributed by atoms with Gasteiger partial charge in [-0.1, -0.05) is 6.07 Å². The Morgan fingerprint density at radius 2 is 2.11 bits per heavy atom. The lowest BCUT2D eigenvalue weighted by molar-refractivity contribution is -0.121. The third-order valence-corrected chi connectivity index (χ3v) is 5.66. The van der Waals surface area contributed by atoms with E-state index in [1.807, 2.05) is 25.1 Å². The molecule has 0 aromatic carbocycles. The van der Waals surface area contributed by atoms with Gasteiger partial charge < -0.3 is 15.0 Å². The molecule has 0 radical (unpaired) electrons. The van der Waals surface area contributed by atoms with Crippen LogP contribution in [0.4, 0.5) is 4.79 Å². The van der Waals surface area contributed by atoms with Crippen molar-refractivity contribution in [3.05, 3.63) is 35.0 Å². The van der Waals surface area contributed by atoms with Gasteiger partial charge in [-0.05, 0) is 38.8 Å². The molecule has 1 aliphatic heterocycles. The summed E-state index contributed by atoms with van der Waals surface area (Å²) in [4.78, 5) is 35.7. The van der Waals surface area contributed by atoms with E-state index in [0.717, 1.165) is 34.1 Å². The van der Waals surface area contributed by atoms with Crippen LogP contribution >= 0.6 is 11.3 Å². The van der Waals surface area contributed by atoms with Gasteiger partial charge in [0.05, 0.1) is 24.4 Å². The molecular formula is C19H24N4O3S. The topological polar surface area (TPSA) is 84.4 Å². The van der Waals surface area contributed by atoms with Crippen LogP contribution in [-0.2, 0) is 16.0 Å². The second kappa shape index (κ2) is 8.94. The van der Waals surface area contributed by atoms with Crippen LogP contribution < -0.4 is 5.32 Å². The van der Waals surface area contributed by atoms with Crippen molar-refractivity contribution in [2.24, 2.45) is 0 Å². The van der Waals surface area contributed by atoms with Crippen LogP contribution in [0, 0.1) is 6.92 Å². The third-order valence-electron chi connectivity index (χ3n) is 4.48. The summed E-state index contributed by atoms with van der Waals surface area (Å²) in [7, 11) is 0. The number of carbonyl (C=O) groups is 2. The molecule has 0 atom stereocenters. The van der Waals surface area contributed by atoms with Crippen molar-refractivity contribution in [2.45, 2.75) is 39.2 Å². The summed E-state index contributed by atoms with van der Waals surface area (Å²) in [5.74, 6) is -0.0103. The van der Waals surface area contributed by atoms with Crippen molar-refractivity contribution in [2.75, 3.05) is 19.7 Å². The molecule has 0 bridgehead atoms. The number of pyridine rings is 1. The molecule has 3 heterocycles. The first-order valence-corrected chi connectivity index (χ1v) is 9.97. The lowest BCUT2D eigenvalue weighted by Gasteiger charge is -2.31. The van der Waals surface area contributed by atoms with E-state index in [1.54, 1.807) is 18.0 Å². The van der Waals surface area contributed by atoms with E-state index in [0.29, 0.717) is 26.1 Å². The smallest absolute Gasteiger partial charge is 0.409 e. The maximum atomic E-state index is 12.4. The Hall–Kier alpha value is -2.48. The second-order valence-corrected chi connectivity index (χ2v) is 7.53. The van der Waals surface area contributed by atoms with Crippen molar-refractivity contribution in [3.8, 4) is 10.7 Å². The van der Waals surface area contributed by atoms with E-state index >= 15 is 0 Å². The zero-order valence-electron chi connectivity index (χ0n) is 15.6. The number of aryl methyl sites for hydroxylation is 1. The predicted molar refractivity (Wildman–Crippen MR) is 104 cm³/mol. The normalized spacial score (nSPS) is 14.8. The first kappa shape index (κ1) is 19.3. The van der Waals surface area contributed by atoms with Crippen LogP contribution in [0.1, 0.15) is 30.3 Å². The molecule has 0 unspecified atom stereocenters. The molecule has 1 fully saturated rings. The Morgan fingerprint density at radius 1 is 1.33 bits per heavy atom. The summed E-state index contributed by atoms with van der Waals surface area (Å²) in [6, 6.07) is 5.80. The van der Waals surface area contributed by atoms with Gasteiger partial charge in [-0.2, -0.15) is 0 Å². The zero-order valence-corrected chi connectivity index (χ0v) is 16.4. The molecule has 7 nitrogen and oxygen atoms in total. The maximum Gasteiger partial charge on any atom is 0.409 e. The third kappa shape index (κ3) is 5.03. The van der Waals surface area contributed by atoms with Crippen molar-refractivity contribution in [1.82, 2.24) is 20.2 Å². The summed E-state index contributed by atoms with van der Waals surface area (Å²) in [6.07, 6.45) is 3.26. The van der Waals surface area contributed by atoms with E-state index in [2.05, 4.69) is 15.3 Å². The second-order valence-electron chi connectivity index (χ2n) is 6.45. The van der Waals surface area contributed by atoms with Crippen LogP contribution in [-0.4, -0.2) is 52.6 Å². The van der Waals surface area contributed by atoms with Gasteiger partial charge in [-0.25, -0.2) is 9.78 Å². The number of ether oxygens (including phenoxy) is 1. The van der Waals surface area contributed by atoms with Gasteiger partial charge in [0.2, 0.25) is 5.91 Å². The molecule has 0 aliphatic carbocycles. The number of likely N-dealkylation sites (tertiary alicyclic amines) is 1. The quantitative estimate of drug-likeness (QED) is 0.851. The Morgan fingerprint density at radius 3 is 2.78 bits per heavy atom. The number of amides is 2. The largest absolute Gasteiger partial charge is 0.450 e. The molecule has 2 aromatic heterocycles. The fraction of sp³-hybridized carbons (Fsp3) is 0.474. The number of hydrogen-bond acceptors (Lipinski definition) is 6. The molecule has 0 saturated carbocycles. The Bertz CT molecular complexity index is 786. The lowest BCUT2D eigenvalue weighted by atomic mass is 10.1. The number of nitrogens with one attached hydrogen (secondary N) is 1. The van der Waals surface area contributed by atoms with Crippen LogP contribution in [0.2, 0.25) is 0 Å². The number of thiazole rings is 1. The number of nitrogens with zero attached hydrogens (tertiary/aromatic N) is 3. The summed E-state index contributed by atoms with van der Waals surface area (Å²) < 4.78 is 5.02. The molecular weight excluding hydrogens is 364 g/mol. The number of hydrogen-bond donors (Lipinski definition) is 1. The van der Waals surface area contributed by atoms with Crippen LogP contribution in [0.5, 0.6) is 0 Å². The molecule has 1 aliphatic rings. The predicted octanol–water partition coefficient (Wildman–Crippen LogP) is 2.79. The van der Waals surface area contributed by atoms with Crippen LogP contribution in [0.15, 0.2) is 24.4 Å². The molecule has 3 rings (SSSR count). The Kier molecular flexibility index (Phi) is 6.39. The summed E-state index contributed by atoms with van der Waals surface area (Å²) in [5, 5.41) is 3.91. The fourth-order valence-electron chi connectivity index (χ4n) is 3.04. The summed E-state index contributed by atoms with van der Waals surface area (Å²) in [6.45, 7) is 5.31. The highest BCUT2D eigenvalue weighted by Crippen LogP contribution is 2.26. The van der Waals surface area contributed by atoms with E-state index in [4.69, 9.17) is 4.74 Å². The number of aromatic nitrogens is 2. The lowest BCUT2D eigenvalue weighted by Crippen LogP contribution is -2.47. The number of piperidine rings is 1.